The summed E-state index contributed by atoms with van der Waals surface area (Å²) in [6.45, 7) is 2.07. The van der Waals surface area contributed by atoms with Crippen molar-refractivity contribution in [2.24, 2.45) is 0 Å². The van der Waals surface area contributed by atoms with Gasteiger partial charge in [0.25, 0.3) is 0 Å². The first-order valence-corrected chi connectivity index (χ1v) is 6.58. The van der Waals surface area contributed by atoms with Gasteiger partial charge in [0.05, 0.1) is 11.6 Å². The van der Waals surface area contributed by atoms with Gasteiger partial charge in [-0.25, -0.2) is 9.78 Å². The van der Waals surface area contributed by atoms with Gasteiger partial charge in [0.1, 0.15) is 5.01 Å². The number of hydrogen-bond acceptors (Lipinski definition) is 4. The topological polar surface area (TPSA) is 62.2 Å². The molecule has 0 saturated heterocycles. The van der Waals surface area contributed by atoms with Crippen LogP contribution in [0.1, 0.15) is 34.8 Å². The highest BCUT2D eigenvalue weighted by atomic mass is 32.1. The Kier molecular flexibility index (Phi) is 3.94. The maximum atomic E-state index is 10.9. The number of thiazole rings is 1. The summed E-state index contributed by atoms with van der Waals surface area (Å²) in [5.41, 5.74) is 1.09. The first-order valence-electron chi connectivity index (χ1n) is 5.70. The Labute approximate surface area is 109 Å². The molecule has 1 aromatic heterocycles. The molecule has 0 aliphatic carbocycles. The summed E-state index contributed by atoms with van der Waals surface area (Å²) >= 11 is 1.60. The number of carboxylic acid groups (broad SMARTS) is 1. The monoisotopic (exact) mass is 262 g/mol. The zero-order valence-electron chi connectivity index (χ0n) is 9.96. The molecule has 0 fully saturated rings. The third kappa shape index (κ3) is 2.87. The summed E-state index contributed by atoms with van der Waals surface area (Å²) in [6, 6.07) is 6.94. The van der Waals surface area contributed by atoms with E-state index in [-0.39, 0.29) is 11.6 Å². The lowest BCUT2D eigenvalue weighted by Crippen LogP contribution is -2.09. The number of nitrogens with one attached hydrogen (secondary N) is 1. The average Bonchev–Trinajstić information content (AvgIpc) is 2.90. The van der Waals surface area contributed by atoms with Gasteiger partial charge in [-0.1, -0.05) is 13.0 Å². The largest absolute Gasteiger partial charge is 0.478 e. The maximum absolute atomic E-state index is 10.9. The number of hydrogen-bond donors (Lipinski definition) is 2. The number of carboxylic acids is 1. The van der Waals surface area contributed by atoms with Crippen LogP contribution in [0.4, 0.5) is 5.69 Å². The second kappa shape index (κ2) is 5.64. The number of aromatic nitrogens is 1. The highest BCUT2D eigenvalue weighted by molar-refractivity contribution is 7.09. The molecule has 0 saturated carbocycles. The molecule has 1 unspecified atom stereocenters. The lowest BCUT2D eigenvalue weighted by Gasteiger charge is -2.16. The van der Waals surface area contributed by atoms with Crippen molar-refractivity contribution in [1.29, 1.82) is 0 Å². The van der Waals surface area contributed by atoms with Crippen LogP contribution in [-0.4, -0.2) is 16.1 Å². The SMILES string of the molecule is CCC(Nc1cccc(C(=O)O)c1)c1nccs1. The zero-order chi connectivity index (χ0) is 13.0. The summed E-state index contributed by atoms with van der Waals surface area (Å²) in [4.78, 5) is 15.2. The molecule has 0 aliphatic rings. The Balaban J connectivity index is 2.17. The number of aromatic carboxylic acids is 1. The van der Waals surface area contributed by atoms with Crippen LogP contribution in [-0.2, 0) is 0 Å². The van der Waals surface area contributed by atoms with Gasteiger partial charge in [-0.2, -0.15) is 0 Å². The van der Waals surface area contributed by atoms with Gasteiger partial charge in [0.2, 0.25) is 0 Å². The molecule has 94 valence electrons. The highest BCUT2D eigenvalue weighted by Gasteiger charge is 2.12. The summed E-state index contributed by atoms with van der Waals surface area (Å²) < 4.78 is 0. The molecule has 0 amide bonds. The predicted octanol–water partition coefficient (Wildman–Crippen LogP) is 3.40. The van der Waals surface area contributed by atoms with Gasteiger partial charge >= 0.3 is 5.97 Å². The van der Waals surface area contributed by atoms with Crippen molar-refractivity contribution in [3.63, 3.8) is 0 Å². The van der Waals surface area contributed by atoms with Crippen LogP contribution in [0.3, 0.4) is 0 Å². The lowest BCUT2D eigenvalue weighted by atomic mass is 10.1. The minimum atomic E-state index is -0.916. The van der Waals surface area contributed by atoms with Crippen molar-refractivity contribution in [3.8, 4) is 0 Å². The lowest BCUT2D eigenvalue weighted by molar-refractivity contribution is 0.0697. The first-order chi connectivity index (χ1) is 8.70. The standard InChI is InChI=1S/C13H14N2O2S/c1-2-11(12-14-6-7-18-12)15-10-5-3-4-9(8-10)13(16)17/h3-8,11,15H,2H2,1H3,(H,16,17). The molecule has 0 bridgehead atoms. The number of carbonyl (C=O) groups is 1. The molecule has 2 N–H and O–H groups in total. The summed E-state index contributed by atoms with van der Waals surface area (Å²) in [6.07, 6.45) is 2.67. The van der Waals surface area contributed by atoms with Crippen LogP contribution >= 0.6 is 11.3 Å². The van der Waals surface area contributed by atoms with Crippen molar-refractivity contribution in [2.45, 2.75) is 19.4 Å². The minimum absolute atomic E-state index is 0.119. The highest BCUT2D eigenvalue weighted by Crippen LogP contribution is 2.24. The van der Waals surface area contributed by atoms with E-state index in [1.165, 1.54) is 0 Å². The van der Waals surface area contributed by atoms with E-state index in [2.05, 4.69) is 17.2 Å². The zero-order valence-corrected chi connectivity index (χ0v) is 10.8. The fraction of sp³-hybridized carbons (Fsp3) is 0.231. The summed E-state index contributed by atoms with van der Waals surface area (Å²) in [7, 11) is 0. The molecule has 1 atom stereocenters. The van der Waals surface area contributed by atoms with Crippen molar-refractivity contribution in [3.05, 3.63) is 46.4 Å². The van der Waals surface area contributed by atoms with Crippen molar-refractivity contribution in [2.75, 3.05) is 5.32 Å². The molecule has 0 spiro atoms. The molecule has 1 aromatic carbocycles. The fourth-order valence-corrected chi connectivity index (χ4v) is 2.46. The van der Waals surface area contributed by atoms with Gasteiger partial charge < -0.3 is 10.4 Å². The van der Waals surface area contributed by atoms with Crippen molar-refractivity contribution >= 4 is 23.0 Å². The molecule has 5 heteroatoms. The molecule has 18 heavy (non-hydrogen) atoms. The van der Waals surface area contributed by atoms with E-state index in [4.69, 9.17) is 5.11 Å². The molecular formula is C13H14N2O2S. The molecule has 2 rings (SSSR count). The molecular weight excluding hydrogens is 248 g/mol. The first kappa shape index (κ1) is 12.6. The van der Waals surface area contributed by atoms with E-state index < -0.39 is 5.97 Å². The molecule has 4 nitrogen and oxygen atoms in total. The van der Waals surface area contributed by atoms with Crippen LogP contribution in [0.5, 0.6) is 0 Å². The smallest absolute Gasteiger partial charge is 0.335 e. The average molecular weight is 262 g/mol. The third-order valence-corrected chi connectivity index (χ3v) is 3.50. The van der Waals surface area contributed by atoms with Crippen LogP contribution in [0.15, 0.2) is 35.8 Å². The van der Waals surface area contributed by atoms with E-state index in [0.717, 1.165) is 17.1 Å². The van der Waals surface area contributed by atoms with Crippen LogP contribution < -0.4 is 5.32 Å². The molecule has 0 aliphatic heterocycles. The quantitative estimate of drug-likeness (QED) is 0.866. The Morgan fingerprint density at radius 3 is 3.00 bits per heavy atom. The van der Waals surface area contributed by atoms with Crippen molar-refractivity contribution in [1.82, 2.24) is 4.98 Å². The van der Waals surface area contributed by atoms with E-state index in [0.29, 0.717) is 0 Å². The number of rotatable bonds is 5. The van der Waals surface area contributed by atoms with Crippen molar-refractivity contribution < 1.29 is 9.90 Å². The Morgan fingerprint density at radius 2 is 2.39 bits per heavy atom. The molecule has 2 aromatic rings. The van der Waals surface area contributed by atoms with E-state index >= 15 is 0 Å². The van der Waals surface area contributed by atoms with Crippen LogP contribution in [0.25, 0.3) is 0 Å². The third-order valence-electron chi connectivity index (χ3n) is 2.61. The van der Waals surface area contributed by atoms with E-state index in [9.17, 15) is 4.79 Å². The Morgan fingerprint density at radius 1 is 1.56 bits per heavy atom. The van der Waals surface area contributed by atoms with Gasteiger partial charge in [0, 0.05) is 17.3 Å². The number of nitrogens with zero attached hydrogens (tertiary/aromatic N) is 1. The normalized spacial score (nSPS) is 12.1. The van der Waals surface area contributed by atoms with Gasteiger partial charge in [-0.05, 0) is 24.6 Å². The second-order valence-electron chi connectivity index (χ2n) is 3.86. The molecule has 0 radical (unpaired) electrons. The fourth-order valence-electron chi connectivity index (χ4n) is 1.69. The van der Waals surface area contributed by atoms with Crippen LogP contribution in [0.2, 0.25) is 0 Å². The molecule has 1 heterocycles. The Hall–Kier alpha value is -1.88. The minimum Gasteiger partial charge on any atom is -0.478 e. The van der Waals surface area contributed by atoms with Gasteiger partial charge in [-0.3, -0.25) is 0 Å². The number of anilines is 1. The van der Waals surface area contributed by atoms with E-state index in [1.54, 1.807) is 35.7 Å². The Bertz CT molecular complexity index is 526. The predicted molar refractivity (Wildman–Crippen MR) is 72.2 cm³/mol. The van der Waals surface area contributed by atoms with Gasteiger partial charge in [-0.15, -0.1) is 11.3 Å². The summed E-state index contributed by atoms with van der Waals surface area (Å²) in [5, 5.41) is 15.2. The van der Waals surface area contributed by atoms with Crippen LogP contribution in [0, 0.1) is 0 Å². The van der Waals surface area contributed by atoms with Gasteiger partial charge in [0.15, 0.2) is 0 Å². The van der Waals surface area contributed by atoms with E-state index in [1.807, 2.05) is 11.4 Å². The second-order valence-corrected chi connectivity index (χ2v) is 4.79. The summed E-state index contributed by atoms with van der Waals surface area (Å²) in [5.74, 6) is -0.916. The number of benzene rings is 1. The maximum Gasteiger partial charge on any atom is 0.335 e.